The Morgan fingerprint density at radius 2 is 2.17 bits per heavy atom. The predicted octanol–water partition coefficient (Wildman–Crippen LogP) is 0.850. The zero-order valence-corrected chi connectivity index (χ0v) is 14.7. The number of nitrogens with zero attached hydrogens (tertiary/aromatic N) is 2. The second-order valence-electron chi connectivity index (χ2n) is 6.30. The number of benzene rings is 1. The van der Waals surface area contributed by atoms with Crippen molar-refractivity contribution in [3.8, 4) is 5.75 Å². The summed E-state index contributed by atoms with van der Waals surface area (Å²) in [6, 6.07) is 7.59. The largest absolute Gasteiger partial charge is 0.492 e. The van der Waals surface area contributed by atoms with Gasteiger partial charge in [0.05, 0.1) is 25.8 Å². The summed E-state index contributed by atoms with van der Waals surface area (Å²) < 4.78 is 11.4. The van der Waals surface area contributed by atoms with Crippen LogP contribution in [-0.4, -0.2) is 80.8 Å². The van der Waals surface area contributed by atoms with Crippen LogP contribution in [0, 0.1) is 0 Å². The molecular weight excluding hydrogens is 330 g/mol. The van der Waals surface area contributed by atoms with Crippen LogP contribution in [0.4, 0.5) is 0 Å². The van der Waals surface area contributed by atoms with E-state index in [0.29, 0.717) is 30.8 Å². The summed E-state index contributed by atoms with van der Waals surface area (Å²) in [5.41, 5.74) is 0. The second kappa shape index (κ2) is 8.16. The molecular formula is C17H24ClN3O3. The smallest absolute Gasteiger partial charge is 0.234 e. The molecule has 1 aromatic rings. The van der Waals surface area contributed by atoms with Crippen molar-refractivity contribution in [2.24, 2.45) is 0 Å². The number of carbonyl (C=O) groups excluding carboxylic acids is 1. The number of halogens is 1. The first-order valence-electron chi connectivity index (χ1n) is 8.31. The van der Waals surface area contributed by atoms with Crippen LogP contribution in [0.15, 0.2) is 24.3 Å². The van der Waals surface area contributed by atoms with Gasteiger partial charge in [-0.05, 0) is 31.3 Å². The molecule has 2 saturated heterocycles. The Morgan fingerprint density at radius 3 is 2.92 bits per heavy atom. The zero-order valence-electron chi connectivity index (χ0n) is 13.9. The molecule has 0 radical (unpaired) electrons. The van der Waals surface area contributed by atoms with Crippen LogP contribution in [0.2, 0.25) is 5.02 Å². The molecule has 3 rings (SSSR count). The van der Waals surface area contributed by atoms with Gasteiger partial charge < -0.3 is 14.8 Å². The van der Waals surface area contributed by atoms with E-state index in [1.165, 1.54) is 0 Å². The van der Waals surface area contributed by atoms with E-state index in [2.05, 4.69) is 22.2 Å². The van der Waals surface area contributed by atoms with Gasteiger partial charge in [-0.2, -0.15) is 0 Å². The van der Waals surface area contributed by atoms with E-state index in [9.17, 15) is 4.79 Å². The monoisotopic (exact) mass is 353 g/mol. The van der Waals surface area contributed by atoms with Crippen LogP contribution in [-0.2, 0) is 9.53 Å². The highest BCUT2D eigenvalue weighted by Crippen LogP contribution is 2.21. The van der Waals surface area contributed by atoms with E-state index >= 15 is 0 Å². The van der Waals surface area contributed by atoms with E-state index in [4.69, 9.17) is 21.1 Å². The van der Waals surface area contributed by atoms with Gasteiger partial charge in [-0.1, -0.05) is 11.6 Å². The van der Waals surface area contributed by atoms with Crippen molar-refractivity contribution < 1.29 is 14.3 Å². The average Bonchev–Trinajstić information content (AvgIpc) is 2.97. The molecule has 2 unspecified atom stereocenters. The molecule has 1 N–H and O–H groups in total. The normalized spacial score (nSPS) is 24.6. The number of carbonyl (C=O) groups is 1. The van der Waals surface area contributed by atoms with Crippen molar-refractivity contribution in [2.75, 3.05) is 53.0 Å². The molecule has 1 aromatic carbocycles. The lowest BCUT2D eigenvalue weighted by atomic mass is 10.1. The molecule has 2 fully saturated rings. The van der Waals surface area contributed by atoms with Crippen molar-refractivity contribution in [3.63, 3.8) is 0 Å². The number of ether oxygens (including phenoxy) is 2. The second-order valence-corrected chi connectivity index (χ2v) is 6.74. The number of hydrogen-bond acceptors (Lipinski definition) is 5. The molecule has 132 valence electrons. The predicted molar refractivity (Wildman–Crippen MR) is 92.6 cm³/mol. The number of hydrogen-bond donors (Lipinski definition) is 1. The number of likely N-dealkylation sites (tertiary alicyclic amines) is 1. The lowest BCUT2D eigenvalue weighted by molar-refractivity contribution is -0.122. The Kier molecular flexibility index (Phi) is 5.94. The van der Waals surface area contributed by atoms with Gasteiger partial charge in [0.15, 0.2) is 0 Å². The van der Waals surface area contributed by atoms with E-state index in [-0.39, 0.29) is 12.0 Å². The summed E-state index contributed by atoms with van der Waals surface area (Å²) in [4.78, 5) is 16.5. The maximum Gasteiger partial charge on any atom is 0.234 e. The molecule has 6 nitrogen and oxygen atoms in total. The van der Waals surface area contributed by atoms with E-state index < -0.39 is 0 Å². The van der Waals surface area contributed by atoms with E-state index in [0.717, 1.165) is 32.0 Å². The SMILES string of the molecule is CN1CCOC2CN(CC(=O)NCCOc3ccc(Cl)cc3)CC21. The van der Waals surface area contributed by atoms with Gasteiger partial charge in [0.25, 0.3) is 0 Å². The molecule has 24 heavy (non-hydrogen) atoms. The number of likely N-dealkylation sites (N-methyl/N-ethyl adjacent to an activating group) is 1. The Labute approximate surface area is 147 Å². The van der Waals surface area contributed by atoms with Crippen LogP contribution in [0.25, 0.3) is 0 Å². The average molecular weight is 354 g/mol. The van der Waals surface area contributed by atoms with Crippen molar-refractivity contribution in [3.05, 3.63) is 29.3 Å². The fourth-order valence-corrected chi connectivity index (χ4v) is 3.34. The fraction of sp³-hybridized carbons (Fsp3) is 0.588. The molecule has 2 aliphatic heterocycles. The summed E-state index contributed by atoms with van der Waals surface area (Å²) in [6.45, 7) is 4.77. The summed E-state index contributed by atoms with van der Waals surface area (Å²) in [6.07, 6.45) is 0.227. The van der Waals surface area contributed by atoms with Crippen LogP contribution < -0.4 is 10.1 Å². The number of morpholine rings is 1. The lowest BCUT2D eigenvalue weighted by Crippen LogP contribution is -2.48. The minimum atomic E-state index is 0.0241. The Morgan fingerprint density at radius 1 is 1.38 bits per heavy atom. The van der Waals surface area contributed by atoms with Gasteiger partial charge >= 0.3 is 0 Å². The third kappa shape index (κ3) is 4.60. The van der Waals surface area contributed by atoms with Gasteiger partial charge in [0.1, 0.15) is 12.4 Å². The zero-order chi connectivity index (χ0) is 16.9. The molecule has 7 heteroatoms. The van der Waals surface area contributed by atoms with Gasteiger partial charge in [0, 0.05) is 30.7 Å². The first-order chi connectivity index (χ1) is 11.6. The van der Waals surface area contributed by atoms with Crippen LogP contribution in [0.5, 0.6) is 5.75 Å². The summed E-state index contributed by atoms with van der Waals surface area (Å²) in [7, 11) is 2.12. The van der Waals surface area contributed by atoms with Crippen molar-refractivity contribution in [1.29, 1.82) is 0 Å². The maximum absolute atomic E-state index is 12.1. The van der Waals surface area contributed by atoms with Gasteiger partial charge in [-0.25, -0.2) is 0 Å². The summed E-state index contributed by atoms with van der Waals surface area (Å²) in [5.74, 6) is 0.772. The quantitative estimate of drug-likeness (QED) is 0.768. The van der Waals surface area contributed by atoms with Crippen LogP contribution in [0.1, 0.15) is 0 Å². The summed E-state index contributed by atoms with van der Waals surface area (Å²) in [5, 5.41) is 3.57. The Balaban J connectivity index is 1.33. The maximum atomic E-state index is 12.1. The molecule has 0 saturated carbocycles. The van der Waals surface area contributed by atoms with Crippen LogP contribution >= 0.6 is 11.6 Å². The number of rotatable bonds is 6. The molecule has 0 aromatic heterocycles. The molecule has 0 bridgehead atoms. The molecule has 0 spiro atoms. The third-order valence-corrected chi connectivity index (χ3v) is 4.78. The number of fused-ring (bicyclic) bond motifs is 1. The van der Waals surface area contributed by atoms with Gasteiger partial charge in [0.2, 0.25) is 5.91 Å². The van der Waals surface area contributed by atoms with Crippen molar-refractivity contribution in [1.82, 2.24) is 15.1 Å². The molecule has 2 aliphatic rings. The van der Waals surface area contributed by atoms with Crippen molar-refractivity contribution >= 4 is 17.5 Å². The van der Waals surface area contributed by atoms with Gasteiger partial charge in [-0.3, -0.25) is 14.6 Å². The lowest BCUT2D eigenvalue weighted by Gasteiger charge is -2.33. The van der Waals surface area contributed by atoms with E-state index in [1.54, 1.807) is 12.1 Å². The highest BCUT2D eigenvalue weighted by Gasteiger charge is 2.38. The Hall–Kier alpha value is -1.34. The third-order valence-electron chi connectivity index (χ3n) is 4.53. The van der Waals surface area contributed by atoms with Crippen molar-refractivity contribution in [2.45, 2.75) is 12.1 Å². The molecule has 2 atom stereocenters. The molecule has 2 heterocycles. The Bertz CT molecular complexity index is 555. The standard InChI is InChI=1S/C17H24ClN3O3/c1-20-7-9-24-16-11-21(10-15(16)20)12-17(22)19-6-8-23-14-4-2-13(18)3-5-14/h2-5,15-16H,6-12H2,1H3,(H,19,22). The molecule has 0 aliphatic carbocycles. The highest BCUT2D eigenvalue weighted by molar-refractivity contribution is 6.30. The minimum Gasteiger partial charge on any atom is -0.492 e. The topological polar surface area (TPSA) is 54.0 Å². The number of nitrogens with one attached hydrogen (secondary N) is 1. The molecule has 1 amide bonds. The minimum absolute atomic E-state index is 0.0241. The highest BCUT2D eigenvalue weighted by atomic mass is 35.5. The van der Waals surface area contributed by atoms with Gasteiger partial charge in [-0.15, -0.1) is 0 Å². The van der Waals surface area contributed by atoms with Crippen LogP contribution in [0.3, 0.4) is 0 Å². The number of amides is 1. The fourth-order valence-electron chi connectivity index (χ4n) is 3.21. The summed E-state index contributed by atoms with van der Waals surface area (Å²) >= 11 is 5.82. The first-order valence-corrected chi connectivity index (χ1v) is 8.69. The van der Waals surface area contributed by atoms with E-state index in [1.807, 2.05) is 12.1 Å². The first kappa shape index (κ1) is 17.5.